The smallest absolute Gasteiger partial charge is 0.0644 e. The summed E-state index contributed by atoms with van der Waals surface area (Å²) in [4.78, 5) is 0. The molecule has 2 heteroatoms. The van der Waals surface area contributed by atoms with Gasteiger partial charge in [0.2, 0.25) is 0 Å². The molecule has 1 aliphatic carbocycles. The normalized spacial score (nSPS) is 29.0. The van der Waals surface area contributed by atoms with Crippen LogP contribution in [0.5, 0.6) is 0 Å². The standard InChI is InChI=1S/C13H20N2/c1-3-4-11-15-13(9-10-14)8-6-5-7-12(13)2/h5-8,12,15H,3-4,9,11H2,1-2H3. The van der Waals surface area contributed by atoms with Crippen LogP contribution in [0.3, 0.4) is 0 Å². The molecule has 0 aliphatic heterocycles. The maximum atomic E-state index is 8.91. The van der Waals surface area contributed by atoms with Crippen LogP contribution >= 0.6 is 0 Å². The Bertz CT molecular complexity index is 285. The number of nitrogens with zero attached hydrogens (tertiary/aromatic N) is 1. The van der Waals surface area contributed by atoms with Crippen molar-refractivity contribution in [1.29, 1.82) is 5.26 Å². The van der Waals surface area contributed by atoms with E-state index >= 15 is 0 Å². The van der Waals surface area contributed by atoms with E-state index < -0.39 is 0 Å². The first kappa shape index (κ1) is 12.0. The Balaban J connectivity index is 2.66. The SMILES string of the molecule is CCCCNC1(CC#N)C=CC=CC1C. The third kappa shape index (κ3) is 2.94. The molecule has 0 radical (unpaired) electrons. The molecule has 0 bridgehead atoms. The first-order valence-corrected chi connectivity index (χ1v) is 5.73. The highest BCUT2D eigenvalue weighted by Crippen LogP contribution is 2.27. The van der Waals surface area contributed by atoms with Crippen LogP contribution in [-0.2, 0) is 0 Å². The van der Waals surface area contributed by atoms with Crippen LogP contribution in [0.2, 0.25) is 0 Å². The van der Waals surface area contributed by atoms with E-state index in [1.807, 2.05) is 6.08 Å². The highest BCUT2D eigenvalue weighted by molar-refractivity contribution is 5.25. The minimum Gasteiger partial charge on any atom is -0.307 e. The van der Waals surface area contributed by atoms with E-state index in [4.69, 9.17) is 5.26 Å². The van der Waals surface area contributed by atoms with Crippen molar-refractivity contribution in [2.45, 2.75) is 38.6 Å². The van der Waals surface area contributed by atoms with Gasteiger partial charge in [-0.1, -0.05) is 44.6 Å². The number of nitrogens with one attached hydrogen (secondary N) is 1. The molecule has 0 fully saturated rings. The van der Waals surface area contributed by atoms with Crippen LogP contribution in [0.1, 0.15) is 33.1 Å². The summed E-state index contributed by atoms with van der Waals surface area (Å²) in [7, 11) is 0. The van der Waals surface area contributed by atoms with Crippen molar-refractivity contribution < 1.29 is 0 Å². The molecule has 2 unspecified atom stereocenters. The lowest BCUT2D eigenvalue weighted by Crippen LogP contribution is -2.49. The van der Waals surface area contributed by atoms with Crippen LogP contribution in [-0.4, -0.2) is 12.1 Å². The van der Waals surface area contributed by atoms with Crippen LogP contribution in [0, 0.1) is 17.2 Å². The molecule has 0 saturated heterocycles. The maximum Gasteiger partial charge on any atom is 0.0644 e. The van der Waals surface area contributed by atoms with Gasteiger partial charge in [0, 0.05) is 0 Å². The minimum absolute atomic E-state index is 0.140. The molecule has 0 aromatic heterocycles. The Hall–Kier alpha value is -1.07. The number of hydrogen-bond donors (Lipinski definition) is 1. The lowest BCUT2D eigenvalue weighted by Gasteiger charge is -2.36. The van der Waals surface area contributed by atoms with Crippen molar-refractivity contribution in [3.8, 4) is 6.07 Å². The predicted molar refractivity (Wildman–Crippen MR) is 63.3 cm³/mol. The topological polar surface area (TPSA) is 35.8 Å². The number of hydrogen-bond acceptors (Lipinski definition) is 2. The Morgan fingerprint density at radius 1 is 1.47 bits per heavy atom. The van der Waals surface area contributed by atoms with Crippen molar-refractivity contribution in [3.63, 3.8) is 0 Å². The second kappa shape index (κ2) is 5.72. The molecule has 0 aromatic rings. The van der Waals surface area contributed by atoms with E-state index in [1.165, 1.54) is 6.42 Å². The zero-order chi connectivity index (χ0) is 11.1. The van der Waals surface area contributed by atoms with E-state index in [2.05, 4.69) is 43.5 Å². The summed E-state index contributed by atoms with van der Waals surface area (Å²) >= 11 is 0. The molecule has 15 heavy (non-hydrogen) atoms. The minimum atomic E-state index is -0.140. The fourth-order valence-electron chi connectivity index (χ4n) is 1.91. The Morgan fingerprint density at radius 2 is 2.27 bits per heavy atom. The van der Waals surface area contributed by atoms with Crippen molar-refractivity contribution in [3.05, 3.63) is 24.3 Å². The number of allylic oxidation sites excluding steroid dienone is 2. The second-order valence-electron chi connectivity index (χ2n) is 4.19. The van der Waals surface area contributed by atoms with Crippen LogP contribution < -0.4 is 5.32 Å². The summed E-state index contributed by atoms with van der Waals surface area (Å²) in [6.45, 7) is 5.33. The average Bonchev–Trinajstić information content (AvgIpc) is 2.23. The Morgan fingerprint density at radius 3 is 2.87 bits per heavy atom. The van der Waals surface area contributed by atoms with Gasteiger partial charge in [0.25, 0.3) is 0 Å². The van der Waals surface area contributed by atoms with Gasteiger partial charge in [-0.05, 0) is 18.9 Å². The Kier molecular flexibility index (Phi) is 4.58. The Labute approximate surface area is 92.7 Å². The molecule has 2 atom stereocenters. The molecule has 1 aliphatic rings. The summed E-state index contributed by atoms with van der Waals surface area (Å²) < 4.78 is 0. The maximum absolute atomic E-state index is 8.91. The summed E-state index contributed by atoms with van der Waals surface area (Å²) in [5, 5.41) is 12.4. The summed E-state index contributed by atoms with van der Waals surface area (Å²) in [6, 6.07) is 2.29. The van der Waals surface area contributed by atoms with Crippen molar-refractivity contribution in [1.82, 2.24) is 5.32 Å². The van der Waals surface area contributed by atoms with Gasteiger partial charge in [0.1, 0.15) is 0 Å². The zero-order valence-electron chi connectivity index (χ0n) is 9.66. The summed E-state index contributed by atoms with van der Waals surface area (Å²) in [5.41, 5.74) is -0.140. The third-order valence-corrected chi connectivity index (χ3v) is 3.07. The van der Waals surface area contributed by atoms with Gasteiger partial charge >= 0.3 is 0 Å². The highest BCUT2D eigenvalue weighted by Gasteiger charge is 2.32. The van der Waals surface area contributed by atoms with Crippen molar-refractivity contribution in [2.75, 3.05) is 6.54 Å². The molecular weight excluding hydrogens is 184 g/mol. The quantitative estimate of drug-likeness (QED) is 0.699. The van der Waals surface area contributed by atoms with Crippen LogP contribution in [0.15, 0.2) is 24.3 Å². The van der Waals surface area contributed by atoms with Gasteiger partial charge in [-0.15, -0.1) is 0 Å². The van der Waals surface area contributed by atoms with Crippen molar-refractivity contribution >= 4 is 0 Å². The monoisotopic (exact) mass is 204 g/mol. The first-order valence-electron chi connectivity index (χ1n) is 5.73. The number of nitriles is 1. The van der Waals surface area contributed by atoms with E-state index in [1.54, 1.807) is 0 Å². The molecule has 2 nitrogen and oxygen atoms in total. The van der Waals surface area contributed by atoms with Crippen LogP contribution in [0.4, 0.5) is 0 Å². The van der Waals surface area contributed by atoms with E-state index in [9.17, 15) is 0 Å². The lowest BCUT2D eigenvalue weighted by molar-refractivity contribution is 0.326. The molecular formula is C13H20N2. The van der Waals surface area contributed by atoms with Gasteiger partial charge in [-0.25, -0.2) is 0 Å². The molecule has 0 heterocycles. The molecule has 0 amide bonds. The fraction of sp³-hybridized carbons (Fsp3) is 0.615. The van der Waals surface area contributed by atoms with E-state index in [-0.39, 0.29) is 5.54 Å². The zero-order valence-corrected chi connectivity index (χ0v) is 9.66. The molecule has 0 saturated carbocycles. The molecule has 82 valence electrons. The lowest BCUT2D eigenvalue weighted by atomic mass is 9.79. The van der Waals surface area contributed by atoms with Gasteiger partial charge < -0.3 is 5.32 Å². The average molecular weight is 204 g/mol. The molecule has 0 aromatic carbocycles. The summed E-state index contributed by atoms with van der Waals surface area (Å²) in [5.74, 6) is 0.388. The van der Waals surface area contributed by atoms with E-state index in [0.29, 0.717) is 12.3 Å². The van der Waals surface area contributed by atoms with Crippen LogP contribution in [0.25, 0.3) is 0 Å². The van der Waals surface area contributed by atoms with Crippen molar-refractivity contribution in [2.24, 2.45) is 5.92 Å². The highest BCUT2D eigenvalue weighted by atomic mass is 15.0. The predicted octanol–water partition coefficient (Wildman–Crippen LogP) is 2.79. The van der Waals surface area contributed by atoms with Gasteiger partial charge in [-0.2, -0.15) is 5.26 Å². The molecule has 0 spiro atoms. The summed E-state index contributed by atoms with van der Waals surface area (Å²) in [6.07, 6.45) is 11.3. The number of rotatable bonds is 5. The first-order chi connectivity index (χ1) is 7.25. The fourth-order valence-corrected chi connectivity index (χ4v) is 1.91. The van der Waals surface area contributed by atoms with Gasteiger partial charge in [0.05, 0.1) is 18.0 Å². The number of unbranched alkanes of at least 4 members (excludes halogenated alkanes) is 1. The molecule has 1 N–H and O–H groups in total. The second-order valence-corrected chi connectivity index (χ2v) is 4.19. The molecule has 1 rings (SSSR count). The van der Waals surface area contributed by atoms with Gasteiger partial charge in [0.15, 0.2) is 0 Å². The van der Waals surface area contributed by atoms with Gasteiger partial charge in [-0.3, -0.25) is 0 Å². The third-order valence-electron chi connectivity index (χ3n) is 3.07. The van der Waals surface area contributed by atoms with E-state index in [0.717, 1.165) is 13.0 Å². The largest absolute Gasteiger partial charge is 0.307 e.